The maximum atomic E-state index is 11.4. The van der Waals surface area contributed by atoms with Crippen LogP contribution in [-0.4, -0.2) is 74.5 Å². The fourth-order valence-electron chi connectivity index (χ4n) is 4.24. The number of rotatable bonds is 14. The van der Waals surface area contributed by atoms with Crippen LogP contribution in [-0.2, 0) is 0 Å². The first-order valence-electron chi connectivity index (χ1n) is 12.2. The SMILES string of the molecule is C[N+](C)(CCCOc1ccc(OCCC[N+](C)(C)c2ccccc2[N+](=O)[O-])nn1)c1ccccc1[N+](=O)[O-]. The molecule has 2 aromatic carbocycles. The van der Waals surface area contributed by atoms with Crippen LogP contribution in [0.1, 0.15) is 12.8 Å². The van der Waals surface area contributed by atoms with Gasteiger partial charge in [-0.25, -0.2) is 0 Å². The lowest BCUT2D eigenvalue weighted by atomic mass is 10.2. The summed E-state index contributed by atoms with van der Waals surface area (Å²) in [4.78, 5) is 22.0. The Labute approximate surface area is 221 Å². The van der Waals surface area contributed by atoms with Crippen LogP contribution in [0.25, 0.3) is 0 Å². The number of aromatic nitrogens is 2. The minimum absolute atomic E-state index is 0.101. The summed E-state index contributed by atoms with van der Waals surface area (Å²) in [6.07, 6.45) is 1.32. The Morgan fingerprint density at radius 3 is 1.37 bits per heavy atom. The van der Waals surface area contributed by atoms with E-state index in [1.54, 1.807) is 48.5 Å². The third-order valence-electron chi connectivity index (χ3n) is 6.30. The summed E-state index contributed by atoms with van der Waals surface area (Å²) >= 11 is 0. The van der Waals surface area contributed by atoms with E-state index in [1.165, 1.54) is 12.1 Å². The fraction of sp³-hybridized carbons (Fsp3) is 0.385. The summed E-state index contributed by atoms with van der Waals surface area (Å²) in [7, 11) is 7.70. The van der Waals surface area contributed by atoms with Gasteiger partial charge in [-0.15, -0.1) is 10.2 Å². The van der Waals surface area contributed by atoms with Crippen molar-refractivity contribution in [3.63, 3.8) is 0 Å². The summed E-state index contributed by atoms with van der Waals surface area (Å²) < 4.78 is 12.1. The molecule has 0 amide bonds. The summed E-state index contributed by atoms with van der Waals surface area (Å²) in [6, 6.07) is 16.9. The molecule has 0 spiro atoms. The number of hydrogen-bond acceptors (Lipinski definition) is 8. The van der Waals surface area contributed by atoms with Gasteiger partial charge in [-0.1, -0.05) is 24.3 Å². The number of nitro benzene ring substituents is 2. The zero-order valence-electron chi connectivity index (χ0n) is 22.1. The number of nitro groups is 2. The van der Waals surface area contributed by atoms with Crippen molar-refractivity contribution >= 4 is 22.7 Å². The molecule has 0 radical (unpaired) electrons. The van der Waals surface area contributed by atoms with Crippen molar-refractivity contribution in [2.45, 2.75) is 12.8 Å². The highest BCUT2D eigenvalue weighted by molar-refractivity contribution is 5.60. The Morgan fingerprint density at radius 2 is 1.03 bits per heavy atom. The van der Waals surface area contributed by atoms with Gasteiger partial charge in [-0.3, -0.25) is 29.2 Å². The summed E-state index contributed by atoms with van der Waals surface area (Å²) in [5.41, 5.74) is 1.48. The molecule has 1 heterocycles. The predicted molar refractivity (Wildman–Crippen MR) is 145 cm³/mol. The first kappa shape index (κ1) is 28.4. The van der Waals surface area contributed by atoms with Crippen LogP contribution in [0.5, 0.6) is 11.8 Å². The second-order valence-electron chi connectivity index (χ2n) is 9.92. The number of para-hydroxylation sites is 4. The first-order valence-corrected chi connectivity index (χ1v) is 12.2. The van der Waals surface area contributed by atoms with Crippen LogP contribution in [0, 0.1) is 20.2 Å². The Kier molecular flexibility index (Phi) is 9.26. The zero-order chi connectivity index (χ0) is 27.8. The molecule has 0 atom stereocenters. The molecule has 0 saturated heterocycles. The summed E-state index contributed by atoms with van der Waals surface area (Å²) in [6.45, 7) is 2.05. The smallest absolute Gasteiger partial charge is 0.329 e. The predicted octanol–water partition coefficient (Wildman–Crippen LogP) is 4.37. The lowest BCUT2D eigenvalue weighted by Crippen LogP contribution is -2.42. The van der Waals surface area contributed by atoms with Gasteiger partial charge in [0.2, 0.25) is 23.1 Å². The molecule has 12 nitrogen and oxygen atoms in total. The van der Waals surface area contributed by atoms with Gasteiger partial charge in [-0.2, -0.15) is 0 Å². The fourth-order valence-corrected chi connectivity index (χ4v) is 4.24. The van der Waals surface area contributed by atoms with Crippen molar-refractivity contribution in [3.8, 4) is 11.8 Å². The molecular weight excluding hydrogens is 492 g/mol. The van der Waals surface area contributed by atoms with Crippen LogP contribution >= 0.6 is 0 Å². The molecule has 202 valence electrons. The van der Waals surface area contributed by atoms with E-state index < -0.39 is 0 Å². The van der Waals surface area contributed by atoms with Gasteiger partial charge in [0.25, 0.3) is 0 Å². The molecule has 0 fully saturated rings. The summed E-state index contributed by atoms with van der Waals surface area (Å²) in [5.74, 6) is 0.727. The van der Waals surface area contributed by atoms with E-state index in [9.17, 15) is 20.2 Å². The van der Waals surface area contributed by atoms with Crippen LogP contribution in [0.4, 0.5) is 22.7 Å². The molecule has 0 bridgehead atoms. The number of nitrogens with zero attached hydrogens (tertiary/aromatic N) is 6. The average molecular weight is 527 g/mol. The Balaban J connectivity index is 1.42. The molecular formula is C26H34N6O6+2. The zero-order valence-corrected chi connectivity index (χ0v) is 22.1. The molecule has 0 N–H and O–H groups in total. The van der Waals surface area contributed by atoms with E-state index in [0.29, 0.717) is 71.2 Å². The Morgan fingerprint density at radius 1 is 0.658 bits per heavy atom. The molecule has 3 rings (SSSR count). The third kappa shape index (κ3) is 7.43. The van der Waals surface area contributed by atoms with E-state index in [-0.39, 0.29) is 21.2 Å². The van der Waals surface area contributed by atoms with Crippen molar-refractivity contribution < 1.29 is 19.3 Å². The molecule has 0 aliphatic heterocycles. The molecule has 0 saturated carbocycles. The number of hydrogen-bond donors (Lipinski definition) is 0. The highest BCUT2D eigenvalue weighted by Crippen LogP contribution is 2.31. The van der Waals surface area contributed by atoms with Gasteiger partial charge in [0.15, 0.2) is 0 Å². The van der Waals surface area contributed by atoms with Crippen LogP contribution in [0.2, 0.25) is 0 Å². The molecule has 1 aromatic heterocycles. The maximum absolute atomic E-state index is 11.4. The second kappa shape index (κ2) is 12.4. The Hall–Kier alpha value is -4.16. The van der Waals surface area contributed by atoms with Gasteiger partial charge in [0.05, 0.1) is 64.3 Å². The molecule has 0 aliphatic rings. The van der Waals surface area contributed by atoms with E-state index >= 15 is 0 Å². The number of benzene rings is 2. The van der Waals surface area contributed by atoms with E-state index in [0.717, 1.165) is 0 Å². The van der Waals surface area contributed by atoms with E-state index in [4.69, 9.17) is 9.47 Å². The number of ether oxygens (including phenoxy) is 2. The van der Waals surface area contributed by atoms with Crippen LogP contribution in [0.15, 0.2) is 60.7 Å². The molecule has 38 heavy (non-hydrogen) atoms. The largest absolute Gasteiger partial charge is 0.476 e. The molecule has 0 aliphatic carbocycles. The van der Waals surface area contributed by atoms with E-state index in [2.05, 4.69) is 10.2 Å². The topological polar surface area (TPSA) is 131 Å². The third-order valence-corrected chi connectivity index (χ3v) is 6.30. The molecule has 0 unspecified atom stereocenters. The Bertz CT molecular complexity index is 1150. The second-order valence-corrected chi connectivity index (χ2v) is 9.92. The van der Waals surface area contributed by atoms with Gasteiger partial charge in [-0.05, 0) is 0 Å². The minimum Gasteiger partial charge on any atom is -0.476 e. The number of quaternary nitrogens is 2. The minimum atomic E-state index is -0.361. The van der Waals surface area contributed by atoms with Crippen molar-refractivity contribution in [1.82, 2.24) is 19.2 Å². The molecule has 3 aromatic rings. The van der Waals surface area contributed by atoms with Gasteiger partial charge in [0, 0.05) is 49.2 Å². The lowest BCUT2D eigenvalue weighted by Gasteiger charge is -2.28. The monoisotopic (exact) mass is 526 g/mol. The van der Waals surface area contributed by atoms with Crippen LogP contribution < -0.4 is 18.4 Å². The van der Waals surface area contributed by atoms with Gasteiger partial charge < -0.3 is 9.47 Å². The normalized spacial score (nSPS) is 11.7. The molecule has 12 heteroatoms. The maximum Gasteiger partial charge on any atom is 0.329 e. The van der Waals surface area contributed by atoms with Crippen molar-refractivity contribution in [2.75, 3.05) is 54.5 Å². The van der Waals surface area contributed by atoms with Crippen molar-refractivity contribution in [1.29, 1.82) is 0 Å². The van der Waals surface area contributed by atoms with Gasteiger partial charge in [0.1, 0.15) is 0 Å². The van der Waals surface area contributed by atoms with Crippen molar-refractivity contribution in [3.05, 3.63) is 80.9 Å². The van der Waals surface area contributed by atoms with E-state index in [1.807, 2.05) is 28.2 Å². The standard InChI is InChI=1S/C26H34N6O6/c1-31(2,23-13-7-5-11-21(23)29(33)34)17-9-19-37-25-15-16-26(28-27-25)38-20-10-18-32(3,4)24-14-8-6-12-22(24)30(35)36/h5-8,11-16H,9-10,17-20H2,1-4H3/q+2. The van der Waals surface area contributed by atoms with Gasteiger partial charge >= 0.3 is 11.4 Å². The van der Waals surface area contributed by atoms with Crippen LogP contribution in [0.3, 0.4) is 0 Å². The lowest BCUT2D eigenvalue weighted by molar-refractivity contribution is -0.384. The average Bonchev–Trinajstić information content (AvgIpc) is 2.90. The highest BCUT2D eigenvalue weighted by atomic mass is 16.6. The summed E-state index contributed by atoms with van der Waals surface area (Å²) in [5, 5.41) is 30.8. The van der Waals surface area contributed by atoms with Crippen molar-refractivity contribution in [2.24, 2.45) is 0 Å². The highest BCUT2D eigenvalue weighted by Gasteiger charge is 2.29. The first-order chi connectivity index (χ1) is 18.0. The quantitative estimate of drug-likeness (QED) is 0.131.